The lowest BCUT2D eigenvalue weighted by molar-refractivity contribution is -0.671. The Labute approximate surface area is 258 Å². The molecule has 0 radical (unpaired) electrons. The van der Waals surface area contributed by atoms with Crippen molar-refractivity contribution < 1.29 is 21.7 Å². The largest absolute Gasteiger partial charge is 0.726 e. The first-order chi connectivity index (χ1) is 20.3. The second kappa shape index (κ2) is 24.2. The SMILES string of the molecule is CCCCCCCCCCN(CCCCCCCCCC)c1ccc(C=Cc2cc[n+](C)cc2)cc1.COS(=O)(=O)[O-]. The van der Waals surface area contributed by atoms with Gasteiger partial charge in [0.25, 0.3) is 0 Å². The predicted molar refractivity (Wildman–Crippen MR) is 177 cm³/mol. The van der Waals surface area contributed by atoms with Crippen LogP contribution < -0.4 is 9.47 Å². The molecule has 0 spiro atoms. The van der Waals surface area contributed by atoms with Crippen LogP contribution in [0.15, 0.2) is 48.8 Å². The third-order valence-corrected chi connectivity index (χ3v) is 7.91. The van der Waals surface area contributed by atoms with Gasteiger partial charge in [-0.3, -0.25) is 4.18 Å². The minimum absolute atomic E-state index is 0.808. The molecule has 0 fully saturated rings. The van der Waals surface area contributed by atoms with Crippen molar-refractivity contribution in [2.75, 3.05) is 25.1 Å². The number of aromatic nitrogens is 1. The predicted octanol–water partition coefficient (Wildman–Crippen LogP) is 8.86. The summed E-state index contributed by atoms with van der Waals surface area (Å²) >= 11 is 0. The maximum Gasteiger partial charge on any atom is 0.217 e. The van der Waals surface area contributed by atoms with E-state index in [1.54, 1.807) is 0 Å². The van der Waals surface area contributed by atoms with Crippen LogP contribution in [0.4, 0.5) is 5.69 Å². The van der Waals surface area contributed by atoms with Gasteiger partial charge in [-0.1, -0.05) is 128 Å². The molecule has 6 nitrogen and oxygen atoms in total. The average Bonchev–Trinajstić information content (AvgIpc) is 2.98. The number of rotatable bonds is 22. The van der Waals surface area contributed by atoms with Gasteiger partial charge in [-0.25, -0.2) is 13.0 Å². The zero-order valence-electron chi connectivity index (χ0n) is 26.9. The highest BCUT2D eigenvalue weighted by Crippen LogP contribution is 2.20. The van der Waals surface area contributed by atoms with E-state index in [2.05, 4.69) is 95.5 Å². The summed E-state index contributed by atoms with van der Waals surface area (Å²) in [7, 11) is -1.55. The van der Waals surface area contributed by atoms with E-state index >= 15 is 0 Å². The molecule has 1 aromatic carbocycles. The van der Waals surface area contributed by atoms with E-state index in [-0.39, 0.29) is 0 Å². The van der Waals surface area contributed by atoms with Gasteiger partial charge in [0.15, 0.2) is 12.4 Å². The molecular weight excluding hydrogens is 544 g/mol. The highest BCUT2D eigenvalue weighted by Gasteiger charge is 2.07. The van der Waals surface area contributed by atoms with E-state index in [9.17, 15) is 13.0 Å². The normalized spacial score (nSPS) is 11.5. The fourth-order valence-electron chi connectivity index (χ4n) is 4.86. The third kappa shape index (κ3) is 20.6. The summed E-state index contributed by atoms with van der Waals surface area (Å²) in [5, 5.41) is 0. The number of hydrogen-bond donors (Lipinski definition) is 0. The lowest BCUT2D eigenvalue weighted by atomic mass is 10.1. The van der Waals surface area contributed by atoms with E-state index in [0.29, 0.717) is 0 Å². The summed E-state index contributed by atoms with van der Waals surface area (Å²) in [6.07, 6.45) is 30.8. The summed E-state index contributed by atoms with van der Waals surface area (Å²) in [4.78, 5) is 2.65. The van der Waals surface area contributed by atoms with Gasteiger partial charge in [-0.05, 0) is 36.1 Å². The van der Waals surface area contributed by atoms with Crippen LogP contribution in [0.1, 0.15) is 128 Å². The molecule has 0 aliphatic carbocycles. The van der Waals surface area contributed by atoms with Gasteiger partial charge in [-0.2, -0.15) is 0 Å². The molecule has 1 heterocycles. The van der Waals surface area contributed by atoms with Crippen molar-refractivity contribution in [2.24, 2.45) is 7.05 Å². The van der Waals surface area contributed by atoms with Crippen molar-refractivity contribution in [3.8, 4) is 0 Å². The number of benzene rings is 1. The Morgan fingerprint density at radius 2 is 1.02 bits per heavy atom. The molecule has 0 unspecified atom stereocenters. The summed E-state index contributed by atoms with van der Waals surface area (Å²) in [5.74, 6) is 0. The fraction of sp³-hybridized carbons (Fsp3) is 0.629. The van der Waals surface area contributed by atoms with Gasteiger partial charge in [0.2, 0.25) is 10.4 Å². The van der Waals surface area contributed by atoms with Crippen molar-refractivity contribution >= 4 is 28.2 Å². The Balaban J connectivity index is 0.00000132. The third-order valence-electron chi connectivity index (χ3n) is 7.50. The van der Waals surface area contributed by atoms with Gasteiger partial charge >= 0.3 is 0 Å². The molecule has 0 aliphatic heterocycles. The zero-order valence-corrected chi connectivity index (χ0v) is 27.8. The number of hydrogen-bond acceptors (Lipinski definition) is 5. The number of unbranched alkanes of at least 4 members (excludes halogenated alkanes) is 14. The number of anilines is 1. The van der Waals surface area contributed by atoms with Crippen molar-refractivity contribution in [2.45, 2.75) is 117 Å². The van der Waals surface area contributed by atoms with E-state index in [4.69, 9.17) is 0 Å². The van der Waals surface area contributed by atoms with Crippen molar-refractivity contribution in [3.63, 3.8) is 0 Å². The summed E-state index contributed by atoms with van der Waals surface area (Å²) in [5.41, 5.74) is 3.90. The fourth-order valence-corrected chi connectivity index (χ4v) is 4.86. The molecule has 42 heavy (non-hydrogen) atoms. The molecule has 7 heteroatoms. The van der Waals surface area contributed by atoms with Gasteiger partial charge in [0, 0.05) is 30.9 Å². The smallest absolute Gasteiger partial charge is 0.217 e. The molecule has 0 saturated carbocycles. The van der Waals surface area contributed by atoms with Crippen LogP contribution in [0.25, 0.3) is 12.2 Å². The monoisotopic (exact) mass is 602 g/mol. The van der Waals surface area contributed by atoms with Crippen LogP contribution in [0.5, 0.6) is 0 Å². The van der Waals surface area contributed by atoms with Gasteiger partial charge in [0.05, 0.1) is 7.11 Å². The molecule has 0 N–H and O–H groups in total. The first kappa shape index (κ1) is 37.8. The number of aryl methyl sites for hydroxylation is 1. The first-order valence-electron chi connectivity index (χ1n) is 16.3. The minimum Gasteiger partial charge on any atom is -0.726 e. The number of pyridine rings is 1. The minimum atomic E-state index is -4.41. The maximum absolute atomic E-state index is 9.22. The quantitative estimate of drug-likeness (QED) is 0.0582. The Hall–Kier alpha value is -2.22. The maximum atomic E-state index is 9.22. The number of nitrogens with zero attached hydrogens (tertiary/aromatic N) is 2. The second-order valence-electron chi connectivity index (χ2n) is 11.2. The standard InChI is InChI=1S/C34H55N2.CH4O4S/c1-4-6-8-10-12-14-16-18-28-36(29-19-17-15-13-11-9-7-5-2)34-24-22-32(23-25-34)20-21-33-26-30-35(3)31-27-33;1-5-6(2,3)4/h20-27,30-31H,4-19,28-29H2,1-3H3;1H3,(H,2,3,4)/q+1;/p-1. The average molecular weight is 603 g/mol. The lowest BCUT2D eigenvalue weighted by Crippen LogP contribution is -2.25. The van der Waals surface area contributed by atoms with Crippen molar-refractivity contribution in [3.05, 3.63) is 59.9 Å². The molecule has 0 atom stereocenters. The van der Waals surface area contributed by atoms with Gasteiger partial charge in [0.1, 0.15) is 7.05 Å². The van der Waals surface area contributed by atoms with E-state index in [1.165, 1.54) is 133 Å². The Bertz CT molecular complexity index is 1020. The summed E-state index contributed by atoms with van der Waals surface area (Å²) < 4.78 is 33.1. The molecule has 0 amide bonds. The molecule has 0 aliphatic rings. The van der Waals surface area contributed by atoms with Crippen molar-refractivity contribution in [1.29, 1.82) is 0 Å². The lowest BCUT2D eigenvalue weighted by Gasteiger charge is -2.25. The topological polar surface area (TPSA) is 73.5 Å². The van der Waals surface area contributed by atoms with Crippen LogP contribution in [0.2, 0.25) is 0 Å². The van der Waals surface area contributed by atoms with Crippen molar-refractivity contribution in [1.82, 2.24) is 0 Å². The summed E-state index contributed by atoms with van der Waals surface area (Å²) in [6.45, 7) is 6.99. The Kier molecular flexibility index (Phi) is 21.8. The molecule has 2 aromatic rings. The highest BCUT2D eigenvalue weighted by molar-refractivity contribution is 7.80. The molecule has 1 aromatic heterocycles. The second-order valence-corrected chi connectivity index (χ2v) is 12.4. The molecule has 0 saturated heterocycles. The zero-order chi connectivity index (χ0) is 30.9. The Morgan fingerprint density at radius 1 is 0.667 bits per heavy atom. The summed E-state index contributed by atoms with van der Waals surface area (Å²) in [6, 6.07) is 13.5. The van der Waals surface area contributed by atoms with Gasteiger partial charge in [-0.15, -0.1) is 0 Å². The van der Waals surface area contributed by atoms with Gasteiger partial charge < -0.3 is 9.45 Å². The van der Waals surface area contributed by atoms with Crippen LogP contribution in [-0.2, 0) is 21.6 Å². The van der Waals surface area contributed by atoms with E-state index < -0.39 is 10.4 Å². The van der Waals surface area contributed by atoms with Crippen LogP contribution in [0.3, 0.4) is 0 Å². The molecular formula is C35H58N2O4S. The molecule has 238 valence electrons. The highest BCUT2D eigenvalue weighted by atomic mass is 32.3. The molecule has 2 rings (SSSR count). The first-order valence-corrected chi connectivity index (χ1v) is 17.6. The Morgan fingerprint density at radius 3 is 1.40 bits per heavy atom. The molecule has 0 bridgehead atoms. The van der Waals surface area contributed by atoms with Crippen LogP contribution in [-0.4, -0.2) is 33.2 Å². The van der Waals surface area contributed by atoms with Crippen LogP contribution in [0, 0.1) is 0 Å². The van der Waals surface area contributed by atoms with E-state index in [1.807, 2.05) is 0 Å². The van der Waals surface area contributed by atoms with E-state index in [0.717, 1.165) is 7.11 Å². The van der Waals surface area contributed by atoms with Crippen LogP contribution >= 0.6 is 0 Å².